The van der Waals surface area contributed by atoms with Crippen LogP contribution in [0, 0.1) is 11.3 Å². The van der Waals surface area contributed by atoms with Gasteiger partial charge in [0, 0.05) is 39.8 Å². The Morgan fingerprint density at radius 1 is 1.07 bits per heavy atom. The summed E-state index contributed by atoms with van der Waals surface area (Å²) < 4.78 is 71.5. The van der Waals surface area contributed by atoms with Crippen molar-refractivity contribution in [3.8, 4) is 6.07 Å². The number of methoxy groups -OCH3 is 1. The molecule has 1 aromatic rings. The van der Waals surface area contributed by atoms with Crippen LogP contribution < -0.4 is 4.90 Å². The second kappa shape index (κ2) is 13.1. The van der Waals surface area contributed by atoms with E-state index in [0.717, 1.165) is 49.3 Å². The number of anilines is 1. The van der Waals surface area contributed by atoms with Crippen LogP contribution in [0.2, 0.25) is 0 Å². The molecule has 0 saturated carbocycles. The number of amides is 1. The van der Waals surface area contributed by atoms with Crippen LogP contribution in [0.4, 0.5) is 18.9 Å². The van der Waals surface area contributed by atoms with Crippen LogP contribution in [0.25, 0.3) is 0 Å². The number of alkyl halides is 3. The predicted octanol–water partition coefficient (Wildman–Crippen LogP) is 3.44. The van der Waals surface area contributed by atoms with E-state index in [0.29, 0.717) is 32.7 Å². The molecule has 0 radical (unpaired) electrons. The Labute approximate surface area is 239 Å². The minimum Gasteiger partial charge on any atom is -0.384 e. The van der Waals surface area contributed by atoms with Crippen molar-refractivity contribution in [1.29, 1.82) is 5.26 Å². The second-order valence-electron chi connectivity index (χ2n) is 10.4. The smallest absolute Gasteiger partial charge is 0.384 e. The molecule has 0 aromatic heterocycles. The van der Waals surface area contributed by atoms with Gasteiger partial charge in [0.05, 0.1) is 35.2 Å². The fourth-order valence-electron chi connectivity index (χ4n) is 4.95. The van der Waals surface area contributed by atoms with Crippen LogP contribution in [-0.4, -0.2) is 97.8 Å². The lowest BCUT2D eigenvalue weighted by atomic mass is 10.0. The van der Waals surface area contributed by atoms with Crippen molar-refractivity contribution >= 4 is 38.9 Å². The van der Waals surface area contributed by atoms with Crippen molar-refractivity contribution in [2.24, 2.45) is 0 Å². The number of rotatable bonds is 12. The second-order valence-corrected chi connectivity index (χ2v) is 12.9. The number of unbranched alkanes of at least 4 members (excludes halogenated alkanes) is 3. The zero-order valence-corrected chi connectivity index (χ0v) is 24.7. The molecule has 14 heteroatoms. The van der Waals surface area contributed by atoms with E-state index >= 15 is 0 Å². The summed E-state index contributed by atoms with van der Waals surface area (Å²) in [5.41, 5.74) is -2.65. The topological polar surface area (TPSA) is 97.2 Å². The number of carbonyl (C=O) groups excluding carboxylic acids is 1. The van der Waals surface area contributed by atoms with Gasteiger partial charge in [0.1, 0.15) is 5.54 Å². The average molecular weight is 604 g/mol. The highest BCUT2D eigenvalue weighted by molar-refractivity contribution is 7.89. The Morgan fingerprint density at radius 3 is 2.27 bits per heavy atom. The van der Waals surface area contributed by atoms with Crippen LogP contribution in [0.15, 0.2) is 18.2 Å². The quantitative estimate of drug-likeness (QED) is 0.265. The molecule has 0 N–H and O–H groups in total. The van der Waals surface area contributed by atoms with Gasteiger partial charge in [-0.3, -0.25) is 9.69 Å². The molecule has 0 atom stereocenters. The van der Waals surface area contributed by atoms with E-state index in [1.54, 1.807) is 24.8 Å². The molecule has 0 spiro atoms. The lowest BCUT2D eigenvalue weighted by Gasteiger charge is -2.34. The summed E-state index contributed by atoms with van der Waals surface area (Å²) in [7, 11) is -1.80. The third-order valence-electron chi connectivity index (χ3n) is 7.39. The molecular weight excluding hydrogens is 567 g/mol. The van der Waals surface area contributed by atoms with Crippen LogP contribution in [0.5, 0.6) is 0 Å². The van der Waals surface area contributed by atoms with Crippen LogP contribution in [0.1, 0.15) is 50.7 Å². The number of benzene rings is 1. The van der Waals surface area contributed by atoms with Crippen molar-refractivity contribution in [3.05, 3.63) is 29.3 Å². The highest BCUT2D eigenvalue weighted by Crippen LogP contribution is 2.38. The molecule has 2 aliphatic heterocycles. The minimum atomic E-state index is -4.74. The van der Waals surface area contributed by atoms with E-state index in [4.69, 9.17) is 22.2 Å². The van der Waals surface area contributed by atoms with Crippen LogP contribution in [0.3, 0.4) is 0 Å². The molecule has 0 aliphatic carbocycles. The molecule has 2 aliphatic rings. The minimum absolute atomic E-state index is 0.00775. The third kappa shape index (κ3) is 7.30. The Morgan fingerprint density at radius 2 is 1.70 bits per heavy atom. The molecule has 40 heavy (non-hydrogen) atoms. The Kier molecular flexibility index (Phi) is 10.6. The summed E-state index contributed by atoms with van der Waals surface area (Å²) in [5.74, 6) is -0.426. The number of piperazine rings is 1. The van der Waals surface area contributed by atoms with Gasteiger partial charge in [0.2, 0.25) is 10.0 Å². The fraction of sp³-hybridized carbons (Fsp3) is 0.654. The predicted molar refractivity (Wildman–Crippen MR) is 149 cm³/mol. The van der Waals surface area contributed by atoms with Crippen LogP contribution in [-0.2, 0) is 25.7 Å². The highest BCUT2D eigenvalue weighted by atomic mass is 32.2. The molecule has 2 heterocycles. The summed E-state index contributed by atoms with van der Waals surface area (Å²) in [4.78, 5) is 18.3. The molecule has 2 fully saturated rings. The summed E-state index contributed by atoms with van der Waals surface area (Å²) >= 11 is 5.54. The number of nitrogens with zero attached hydrogens (tertiary/aromatic N) is 5. The maximum atomic E-state index is 13.5. The molecule has 0 unspecified atom stereocenters. The lowest BCUT2D eigenvalue weighted by molar-refractivity contribution is -0.137. The zero-order valence-electron chi connectivity index (χ0n) is 23.0. The number of hydrogen-bond donors (Lipinski definition) is 0. The number of hydrogen-bond acceptors (Lipinski definition) is 7. The number of sulfonamides is 1. The van der Waals surface area contributed by atoms with Gasteiger partial charge in [0.25, 0.3) is 5.91 Å². The van der Waals surface area contributed by atoms with Gasteiger partial charge >= 0.3 is 6.18 Å². The van der Waals surface area contributed by atoms with E-state index in [9.17, 15) is 26.4 Å². The van der Waals surface area contributed by atoms with E-state index < -0.39 is 38.8 Å². The molecule has 0 bridgehead atoms. The van der Waals surface area contributed by atoms with Gasteiger partial charge in [-0.25, -0.2) is 8.42 Å². The molecule has 1 aromatic carbocycles. The van der Waals surface area contributed by atoms with Gasteiger partial charge in [-0.1, -0.05) is 12.8 Å². The first-order valence-electron chi connectivity index (χ1n) is 13.2. The average Bonchev–Trinajstić information content (AvgIpc) is 3.07. The Hall–Kier alpha value is -2.31. The van der Waals surface area contributed by atoms with Crippen molar-refractivity contribution < 1.29 is 31.1 Å². The highest BCUT2D eigenvalue weighted by Gasteiger charge is 2.49. The Balaban J connectivity index is 1.48. The number of nitriles is 1. The SMILES string of the molecule is COCCS(=O)(=O)N1CCN(CCCCCCN2C(=S)N(c3ccc(C#N)c(C(F)(F)F)c3)C(=O)C2(C)C)CC1. The molecular formula is C26H36F3N5O4S2. The van der Waals surface area contributed by atoms with E-state index in [1.165, 1.54) is 17.5 Å². The van der Waals surface area contributed by atoms with E-state index in [-0.39, 0.29) is 23.2 Å². The number of thiocarbonyl (C=S) groups is 1. The van der Waals surface area contributed by atoms with Crippen molar-refractivity contribution in [2.75, 3.05) is 63.6 Å². The maximum absolute atomic E-state index is 13.5. The van der Waals surface area contributed by atoms with Crippen molar-refractivity contribution in [1.82, 2.24) is 14.1 Å². The largest absolute Gasteiger partial charge is 0.417 e. The normalized spacial score (nSPS) is 18.9. The standard InChI is InChI=1S/C26H36F3N5O4S2/c1-25(2)23(35)34(21-9-8-20(19-30)22(18-21)26(27,28)29)24(39)33(25)11-7-5-4-6-10-31-12-14-32(15-13-31)40(36,37)17-16-38-3/h8-9,18H,4-7,10-17H2,1-3H3. The van der Waals surface area contributed by atoms with Gasteiger partial charge in [-0.2, -0.15) is 22.7 Å². The van der Waals surface area contributed by atoms with Gasteiger partial charge in [0.15, 0.2) is 5.11 Å². The van der Waals surface area contributed by atoms with Gasteiger partial charge in [-0.05, 0) is 63.7 Å². The van der Waals surface area contributed by atoms with E-state index in [1.807, 2.05) is 0 Å². The van der Waals surface area contributed by atoms with Crippen molar-refractivity contribution in [2.45, 2.75) is 51.2 Å². The summed E-state index contributed by atoms with van der Waals surface area (Å²) in [6.45, 7) is 7.25. The first kappa shape index (κ1) is 32.2. The molecule has 222 valence electrons. The number of carbonyl (C=O) groups is 1. The Bertz CT molecular complexity index is 1230. The number of halogens is 3. The monoisotopic (exact) mass is 603 g/mol. The van der Waals surface area contributed by atoms with E-state index in [2.05, 4.69) is 4.90 Å². The maximum Gasteiger partial charge on any atom is 0.417 e. The van der Waals surface area contributed by atoms with Gasteiger partial charge in [-0.15, -0.1) is 0 Å². The summed E-state index contributed by atoms with van der Waals surface area (Å²) in [6.07, 6.45) is -1.23. The summed E-state index contributed by atoms with van der Waals surface area (Å²) in [5, 5.41) is 9.22. The molecule has 9 nitrogen and oxygen atoms in total. The molecule has 2 saturated heterocycles. The third-order valence-corrected chi connectivity index (χ3v) is 9.62. The van der Waals surface area contributed by atoms with Gasteiger partial charge < -0.3 is 14.5 Å². The summed E-state index contributed by atoms with van der Waals surface area (Å²) in [6, 6.07) is 4.72. The first-order chi connectivity index (χ1) is 18.7. The van der Waals surface area contributed by atoms with Crippen LogP contribution >= 0.6 is 12.2 Å². The molecule has 1 amide bonds. The lowest BCUT2D eigenvalue weighted by Crippen LogP contribution is -2.49. The fourth-order valence-corrected chi connectivity index (χ4v) is 6.81. The zero-order chi connectivity index (χ0) is 29.7. The molecule has 3 rings (SSSR count). The number of ether oxygens (including phenoxy) is 1. The van der Waals surface area contributed by atoms with Crippen molar-refractivity contribution in [3.63, 3.8) is 0 Å². The first-order valence-corrected chi connectivity index (χ1v) is 15.2.